The van der Waals surface area contributed by atoms with E-state index in [9.17, 15) is 4.79 Å². The Morgan fingerprint density at radius 3 is 3.14 bits per heavy atom. The molecule has 0 bridgehead atoms. The van der Waals surface area contributed by atoms with Gasteiger partial charge in [-0.25, -0.2) is 0 Å². The Balaban J connectivity index is 1.48. The van der Waals surface area contributed by atoms with Gasteiger partial charge in [0, 0.05) is 24.4 Å². The summed E-state index contributed by atoms with van der Waals surface area (Å²) in [5.74, 6) is 1.58. The zero-order valence-electron chi connectivity index (χ0n) is 11.6. The molecule has 6 nitrogen and oxygen atoms in total. The first-order chi connectivity index (χ1) is 10.8. The van der Waals surface area contributed by atoms with Crippen molar-refractivity contribution < 1.29 is 13.7 Å². The number of nitrogens with zero attached hydrogens (tertiary/aromatic N) is 3. The Kier molecular flexibility index (Phi) is 3.27. The van der Waals surface area contributed by atoms with Crippen LogP contribution >= 0.6 is 11.3 Å². The summed E-state index contributed by atoms with van der Waals surface area (Å²) in [7, 11) is 0. The van der Waals surface area contributed by atoms with Crippen molar-refractivity contribution in [3.05, 3.63) is 46.8 Å². The van der Waals surface area contributed by atoms with Gasteiger partial charge in [0.05, 0.1) is 11.8 Å². The average Bonchev–Trinajstić information content (AvgIpc) is 3.35. The van der Waals surface area contributed by atoms with Gasteiger partial charge in [0.2, 0.25) is 0 Å². The molecular formula is C15H13N3O3S. The van der Waals surface area contributed by atoms with Crippen molar-refractivity contribution in [3.63, 3.8) is 0 Å². The second-order valence-corrected chi connectivity index (χ2v) is 5.96. The summed E-state index contributed by atoms with van der Waals surface area (Å²) in [6, 6.07) is 5.34. The van der Waals surface area contributed by atoms with Crippen LogP contribution in [0.1, 0.15) is 28.7 Å². The first-order valence-corrected chi connectivity index (χ1v) is 7.94. The average molecular weight is 315 g/mol. The van der Waals surface area contributed by atoms with Crippen LogP contribution in [0.5, 0.6) is 0 Å². The van der Waals surface area contributed by atoms with Crippen LogP contribution in [0.2, 0.25) is 0 Å². The number of furan rings is 1. The normalized spacial score (nSPS) is 18.0. The summed E-state index contributed by atoms with van der Waals surface area (Å²) in [5.41, 5.74) is 0.935. The third-order valence-electron chi connectivity index (χ3n) is 3.78. The Morgan fingerprint density at radius 2 is 2.36 bits per heavy atom. The maximum Gasteiger partial charge on any atom is 0.289 e. The van der Waals surface area contributed by atoms with Gasteiger partial charge in [-0.15, -0.1) is 0 Å². The molecule has 0 saturated carbocycles. The maximum atomic E-state index is 12.2. The van der Waals surface area contributed by atoms with Crippen molar-refractivity contribution >= 4 is 17.2 Å². The highest BCUT2D eigenvalue weighted by atomic mass is 32.1. The van der Waals surface area contributed by atoms with Gasteiger partial charge in [-0.2, -0.15) is 16.3 Å². The third kappa shape index (κ3) is 2.33. The number of amides is 1. The van der Waals surface area contributed by atoms with Gasteiger partial charge < -0.3 is 13.8 Å². The molecule has 1 saturated heterocycles. The first-order valence-electron chi connectivity index (χ1n) is 7.00. The van der Waals surface area contributed by atoms with Crippen molar-refractivity contribution in [3.8, 4) is 11.5 Å². The fraction of sp³-hybridized carbons (Fsp3) is 0.267. The predicted octanol–water partition coefficient (Wildman–Crippen LogP) is 3.02. The quantitative estimate of drug-likeness (QED) is 0.743. The smallest absolute Gasteiger partial charge is 0.289 e. The van der Waals surface area contributed by atoms with Crippen LogP contribution in [0.15, 0.2) is 44.2 Å². The molecule has 0 aromatic carbocycles. The molecule has 0 aliphatic carbocycles. The lowest BCUT2D eigenvalue weighted by atomic mass is 10.1. The molecule has 1 atom stereocenters. The van der Waals surface area contributed by atoms with E-state index in [0.29, 0.717) is 30.6 Å². The molecule has 1 aliphatic heterocycles. The number of carbonyl (C=O) groups excluding carboxylic acids is 1. The SMILES string of the molecule is O=C(c1ccco1)N1CC[C@@H](c2noc(-c3ccsc3)n2)C1. The van der Waals surface area contributed by atoms with Gasteiger partial charge >= 0.3 is 0 Å². The molecule has 4 heterocycles. The van der Waals surface area contributed by atoms with Gasteiger partial charge in [0.15, 0.2) is 11.6 Å². The zero-order valence-corrected chi connectivity index (χ0v) is 12.5. The number of hydrogen-bond acceptors (Lipinski definition) is 6. The lowest BCUT2D eigenvalue weighted by molar-refractivity contribution is 0.0759. The highest BCUT2D eigenvalue weighted by Crippen LogP contribution is 2.28. The molecular weight excluding hydrogens is 302 g/mol. The molecule has 0 N–H and O–H groups in total. The Hall–Kier alpha value is -2.41. The van der Waals surface area contributed by atoms with E-state index in [2.05, 4.69) is 10.1 Å². The molecule has 1 amide bonds. The molecule has 0 radical (unpaired) electrons. The minimum absolute atomic E-state index is 0.0888. The third-order valence-corrected chi connectivity index (χ3v) is 4.47. The minimum atomic E-state index is -0.0888. The van der Waals surface area contributed by atoms with Gasteiger partial charge in [-0.3, -0.25) is 4.79 Å². The molecule has 22 heavy (non-hydrogen) atoms. The van der Waals surface area contributed by atoms with E-state index in [4.69, 9.17) is 8.94 Å². The topological polar surface area (TPSA) is 72.4 Å². The van der Waals surface area contributed by atoms with Crippen LogP contribution in [0.4, 0.5) is 0 Å². The number of thiophene rings is 1. The van der Waals surface area contributed by atoms with E-state index in [0.717, 1.165) is 12.0 Å². The van der Waals surface area contributed by atoms with Crippen molar-refractivity contribution in [1.82, 2.24) is 15.0 Å². The summed E-state index contributed by atoms with van der Waals surface area (Å²) in [5, 5.41) is 8.01. The van der Waals surface area contributed by atoms with E-state index in [1.807, 2.05) is 16.8 Å². The summed E-state index contributed by atoms with van der Waals surface area (Å²) in [6.45, 7) is 1.26. The standard InChI is InChI=1S/C15H13N3O3S/c19-15(12-2-1-6-20-12)18-5-3-10(8-18)13-16-14(21-17-13)11-4-7-22-9-11/h1-2,4,6-7,9-10H,3,5,8H2/t10-/m1/s1. The number of carbonyl (C=O) groups is 1. The van der Waals surface area contributed by atoms with E-state index < -0.39 is 0 Å². The second kappa shape index (κ2) is 5.42. The number of rotatable bonds is 3. The van der Waals surface area contributed by atoms with Gasteiger partial charge in [0.1, 0.15) is 0 Å². The van der Waals surface area contributed by atoms with Crippen LogP contribution in [0.3, 0.4) is 0 Å². The summed E-state index contributed by atoms with van der Waals surface area (Å²) in [6.07, 6.45) is 2.34. The van der Waals surface area contributed by atoms with Crippen molar-refractivity contribution in [2.75, 3.05) is 13.1 Å². The lowest BCUT2D eigenvalue weighted by Crippen LogP contribution is -2.28. The summed E-state index contributed by atoms with van der Waals surface area (Å²) < 4.78 is 10.5. The number of likely N-dealkylation sites (tertiary alicyclic amines) is 1. The molecule has 1 fully saturated rings. The fourth-order valence-electron chi connectivity index (χ4n) is 2.62. The van der Waals surface area contributed by atoms with E-state index >= 15 is 0 Å². The fourth-order valence-corrected chi connectivity index (χ4v) is 3.25. The van der Waals surface area contributed by atoms with E-state index in [1.165, 1.54) is 6.26 Å². The van der Waals surface area contributed by atoms with Gasteiger partial charge in [0.25, 0.3) is 11.8 Å². The summed E-state index contributed by atoms with van der Waals surface area (Å²) >= 11 is 1.59. The largest absolute Gasteiger partial charge is 0.459 e. The zero-order chi connectivity index (χ0) is 14.9. The van der Waals surface area contributed by atoms with Crippen LogP contribution in [-0.4, -0.2) is 34.0 Å². The highest BCUT2D eigenvalue weighted by molar-refractivity contribution is 7.08. The predicted molar refractivity (Wildman–Crippen MR) is 79.6 cm³/mol. The Morgan fingerprint density at radius 1 is 1.41 bits per heavy atom. The monoisotopic (exact) mass is 315 g/mol. The molecule has 0 spiro atoms. The van der Waals surface area contributed by atoms with E-state index in [-0.39, 0.29) is 11.8 Å². The molecule has 3 aromatic rings. The van der Waals surface area contributed by atoms with Crippen LogP contribution < -0.4 is 0 Å². The molecule has 1 aliphatic rings. The summed E-state index contributed by atoms with van der Waals surface area (Å²) in [4.78, 5) is 18.5. The molecule has 4 rings (SSSR count). The van der Waals surface area contributed by atoms with Crippen molar-refractivity contribution in [2.45, 2.75) is 12.3 Å². The Labute approximate surface area is 130 Å². The number of aromatic nitrogens is 2. The van der Waals surface area contributed by atoms with Crippen LogP contribution in [0.25, 0.3) is 11.5 Å². The number of hydrogen-bond donors (Lipinski definition) is 0. The second-order valence-electron chi connectivity index (χ2n) is 5.18. The van der Waals surface area contributed by atoms with Crippen molar-refractivity contribution in [1.29, 1.82) is 0 Å². The van der Waals surface area contributed by atoms with Gasteiger partial charge in [-0.05, 0) is 30.0 Å². The van der Waals surface area contributed by atoms with Crippen LogP contribution in [0, 0.1) is 0 Å². The molecule has 3 aromatic heterocycles. The Bertz CT molecular complexity index is 764. The van der Waals surface area contributed by atoms with Crippen molar-refractivity contribution in [2.24, 2.45) is 0 Å². The van der Waals surface area contributed by atoms with E-state index in [1.54, 1.807) is 28.4 Å². The first kappa shape index (κ1) is 13.3. The molecule has 112 valence electrons. The maximum absolute atomic E-state index is 12.2. The van der Waals surface area contributed by atoms with Crippen LogP contribution in [-0.2, 0) is 0 Å². The minimum Gasteiger partial charge on any atom is -0.459 e. The lowest BCUT2D eigenvalue weighted by Gasteiger charge is -2.13. The highest BCUT2D eigenvalue weighted by Gasteiger charge is 2.32. The molecule has 7 heteroatoms. The van der Waals surface area contributed by atoms with Gasteiger partial charge in [-0.1, -0.05) is 5.16 Å². The molecule has 0 unspecified atom stereocenters.